The summed E-state index contributed by atoms with van der Waals surface area (Å²) in [5.41, 5.74) is 22.1. The van der Waals surface area contributed by atoms with Gasteiger partial charge in [0, 0.05) is 34.0 Å². The summed E-state index contributed by atoms with van der Waals surface area (Å²) >= 11 is 0. The Labute approximate surface area is 434 Å². The van der Waals surface area contributed by atoms with Crippen molar-refractivity contribution in [2.45, 2.75) is 12.3 Å². The van der Waals surface area contributed by atoms with Crippen molar-refractivity contribution in [1.82, 2.24) is 0 Å². The van der Waals surface area contributed by atoms with Crippen molar-refractivity contribution >= 4 is 44.9 Å². The summed E-state index contributed by atoms with van der Waals surface area (Å²) < 4.78 is 0. The maximum atomic E-state index is 2.49. The van der Waals surface area contributed by atoms with E-state index in [1.165, 1.54) is 77.5 Å². The van der Waals surface area contributed by atoms with Crippen LogP contribution in [-0.4, -0.2) is 0 Å². The molecule has 74 heavy (non-hydrogen) atoms. The molecule has 0 aromatic heterocycles. The maximum Gasteiger partial charge on any atom is 0.0714 e. The highest BCUT2D eigenvalue weighted by Gasteiger charge is 2.47. The second-order valence-electron chi connectivity index (χ2n) is 19.3. The van der Waals surface area contributed by atoms with Gasteiger partial charge in [0.2, 0.25) is 0 Å². The standard InChI is InChI=1S/C72H52N2/c1-51-20-19-33-67-70(51)66-48-47-64(50-68(66)72(67,58-24-9-3-10-25-58)59-26-11-4-12-27-59)74(69-49-42-56-21-17-18-32-65(56)71(69)57-22-7-2-8-23-57)63-45-40-55(41-46-63)53-36-34-52(35-37-53)54-38-43-62(44-39-54)73(60-28-13-5-14-29-60)61-30-15-6-16-31-61/h2-50H,1H3. The third kappa shape index (κ3) is 7.67. The van der Waals surface area contributed by atoms with Gasteiger partial charge in [0.05, 0.1) is 11.1 Å². The first-order chi connectivity index (χ1) is 36.6. The lowest BCUT2D eigenvalue weighted by atomic mass is 9.67. The Morgan fingerprint density at radius 2 is 0.730 bits per heavy atom. The van der Waals surface area contributed by atoms with E-state index >= 15 is 0 Å². The fourth-order valence-corrected chi connectivity index (χ4v) is 11.7. The molecule has 0 atom stereocenters. The Kier molecular flexibility index (Phi) is 11.4. The molecule has 0 aliphatic heterocycles. The largest absolute Gasteiger partial charge is 0.311 e. The molecule has 13 rings (SSSR count). The van der Waals surface area contributed by atoms with Gasteiger partial charge in [0.15, 0.2) is 0 Å². The van der Waals surface area contributed by atoms with Crippen LogP contribution in [0.4, 0.5) is 34.1 Å². The highest BCUT2D eigenvalue weighted by atomic mass is 15.1. The molecule has 350 valence electrons. The number of fused-ring (bicyclic) bond motifs is 4. The first-order valence-corrected chi connectivity index (χ1v) is 25.6. The Bertz CT molecular complexity index is 3830. The van der Waals surface area contributed by atoms with Crippen LogP contribution in [0, 0.1) is 6.92 Å². The molecule has 0 saturated carbocycles. The number of para-hydroxylation sites is 2. The van der Waals surface area contributed by atoms with E-state index in [-0.39, 0.29) is 0 Å². The zero-order chi connectivity index (χ0) is 49.4. The normalized spacial score (nSPS) is 12.2. The summed E-state index contributed by atoms with van der Waals surface area (Å²) in [6.45, 7) is 2.26. The first kappa shape index (κ1) is 44.4. The molecule has 2 nitrogen and oxygen atoms in total. The summed E-state index contributed by atoms with van der Waals surface area (Å²) in [7, 11) is 0. The Morgan fingerprint density at radius 3 is 1.28 bits per heavy atom. The van der Waals surface area contributed by atoms with Crippen molar-refractivity contribution in [3.8, 4) is 44.5 Å². The van der Waals surface area contributed by atoms with Crippen molar-refractivity contribution in [3.63, 3.8) is 0 Å². The predicted molar refractivity (Wildman–Crippen MR) is 312 cm³/mol. The van der Waals surface area contributed by atoms with E-state index in [2.05, 4.69) is 314 Å². The smallest absolute Gasteiger partial charge is 0.0714 e. The van der Waals surface area contributed by atoms with Crippen molar-refractivity contribution < 1.29 is 0 Å². The highest BCUT2D eigenvalue weighted by molar-refractivity contribution is 6.06. The van der Waals surface area contributed by atoms with Crippen LogP contribution < -0.4 is 9.80 Å². The average Bonchev–Trinajstić information content (AvgIpc) is 3.79. The van der Waals surface area contributed by atoms with Gasteiger partial charge in [-0.15, -0.1) is 0 Å². The minimum Gasteiger partial charge on any atom is -0.311 e. The molecule has 0 spiro atoms. The first-order valence-electron chi connectivity index (χ1n) is 25.6. The van der Waals surface area contributed by atoms with Gasteiger partial charge in [-0.05, 0) is 151 Å². The van der Waals surface area contributed by atoms with E-state index < -0.39 is 5.41 Å². The molecule has 0 amide bonds. The van der Waals surface area contributed by atoms with E-state index in [1.807, 2.05) is 0 Å². The lowest BCUT2D eigenvalue weighted by Crippen LogP contribution is -2.28. The van der Waals surface area contributed by atoms with Crippen LogP contribution in [0.25, 0.3) is 55.3 Å². The van der Waals surface area contributed by atoms with Crippen molar-refractivity contribution in [1.29, 1.82) is 0 Å². The van der Waals surface area contributed by atoms with Crippen LogP contribution >= 0.6 is 0 Å². The zero-order valence-corrected chi connectivity index (χ0v) is 41.2. The van der Waals surface area contributed by atoms with E-state index in [9.17, 15) is 0 Å². The summed E-state index contributed by atoms with van der Waals surface area (Å²) in [5, 5.41) is 2.42. The summed E-state index contributed by atoms with van der Waals surface area (Å²) in [5.74, 6) is 0. The Morgan fingerprint density at radius 1 is 0.284 bits per heavy atom. The molecule has 1 aliphatic carbocycles. The molecule has 0 heterocycles. The van der Waals surface area contributed by atoms with Gasteiger partial charge in [-0.1, -0.05) is 231 Å². The number of rotatable bonds is 11. The fraction of sp³-hybridized carbons (Fsp3) is 0.0278. The third-order valence-corrected chi connectivity index (χ3v) is 15.1. The predicted octanol–water partition coefficient (Wildman–Crippen LogP) is 19.5. The second-order valence-corrected chi connectivity index (χ2v) is 19.3. The van der Waals surface area contributed by atoms with Gasteiger partial charge in [0.25, 0.3) is 0 Å². The Hall–Kier alpha value is -9.50. The fourth-order valence-electron chi connectivity index (χ4n) is 11.7. The number of benzene rings is 12. The molecule has 0 bridgehead atoms. The number of hydrogen-bond acceptors (Lipinski definition) is 2. The molecular weight excluding hydrogens is 893 g/mol. The van der Waals surface area contributed by atoms with Gasteiger partial charge < -0.3 is 9.80 Å². The van der Waals surface area contributed by atoms with E-state index in [0.29, 0.717) is 0 Å². The lowest BCUT2D eigenvalue weighted by molar-refractivity contribution is 0.768. The highest BCUT2D eigenvalue weighted by Crippen LogP contribution is 2.58. The average molecular weight is 945 g/mol. The van der Waals surface area contributed by atoms with Crippen LogP contribution in [0.5, 0.6) is 0 Å². The zero-order valence-electron chi connectivity index (χ0n) is 41.2. The lowest BCUT2D eigenvalue weighted by Gasteiger charge is -2.35. The number of hydrogen-bond donors (Lipinski definition) is 0. The molecule has 0 fully saturated rings. The van der Waals surface area contributed by atoms with Crippen LogP contribution in [-0.2, 0) is 5.41 Å². The van der Waals surface area contributed by atoms with Crippen molar-refractivity contribution in [2.75, 3.05) is 9.80 Å². The SMILES string of the molecule is Cc1cccc2c1-c1ccc(N(c3ccc(-c4ccc(-c5ccc(N(c6ccccc6)c6ccccc6)cc5)cc4)cc3)c3ccc4ccccc4c3-c3ccccc3)cc1C2(c1ccccc1)c1ccccc1. The van der Waals surface area contributed by atoms with E-state index in [0.717, 1.165) is 39.7 Å². The second kappa shape index (κ2) is 18.9. The van der Waals surface area contributed by atoms with Gasteiger partial charge >= 0.3 is 0 Å². The number of anilines is 6. The Balaban J connectivity index is 0.923. The third-order valence-electron chi connectivity index (χ3n) is 15.1. The van der Waals surface area contributed by atoms with Gasteiger partial charge in [-0.3, -0.25) is 0 Å². The van der Waals surface area contributed by atoms with E-state index in [1.54, 1.807) is 0 Å². The molecule has 1 aliphatic rings. The number of nitrogens with zero attached hydrogens (tertiary/aromatic N) is 2. The summed E-state index contributed by atoms with van der Waals surface area (Å²) in [4.78, 5) is 4.78. The minimum absolute atomic E-state index is 0.546. The van der Waals surface area contributed by atoms with Crippen LogP contribution in [0.3, 0.4) is 0 Å². The minimum atomic E-state index is -0.546. The molecule has 0 N–H and O–H groups in total. The maximum absolute atomic E-state index is 2.49. The molecule has 2 heteroatoms. The molecular formula is C72H52N2. The quantitative estimate of drug-likeness (QED) is 0.127. The van der Waals surface area contributed by atoms with Gasteiger partial charge in [0.1, 0.15) is 0 Å². The molecule has 0 radical (unpaired) electrons. The van der Waals surface area contributed by atoms with Gasteiger partial charge in [-0.2, -0.15) is 0 Å². The summed E-state index contributed by atoms with van der Waals surface area (Å²) in [6, 6.07) is 109. The monoisotopic (exact) mass is 944 g/mol. The summed E-state index contributed by atoms with van der Waals surface area (Å²) in [6.07, 6.45) is 0. The van der Waals surface area contributed by atoms with E-state index in [4.69, 9.17) is 0 Å². The number of aryl methyl sites for hydroxylation is 1. The molecule has 0 unspecified atom stereocenters. The topological polar surface area (TPSA) is 6.48 Å². The van der Waals surface area contributed by atoms with Gasteiger partial charge in [-0.25, -0.2) is 0 Å². The van der Waals surface area contributed by atoms with Crippen molar-refractivity contribution in [3.05, 3.63) is 325 Å². The van der Waals surface area contributed by atoms with Crippen LogP contribution in [0.2, 0.25) is 0 Å². The molecule has 12 aromatic carbocycles. The van der Waals surface area contributed by atoms with Crippen LogP contribution in [0.1, 0.15) is 27.8 Å². The molecule has 0 saturated heterocycles. The van der Waals surface area contributed by atoms with Crippen LogP contribution in [0.15, 0.2) is 297 Å². The van der Waals surface area contributed by atoms with Crippen molar-refractivity contribution in [2.24, 2.45) is 0 Å². The molecule has 12 aromatic rings.